The van der Waals surface area contributed by atoms with Crippen molar-refractivity contribution in [2.24, 2.45) is 0 Å². The Bertz CT molecular complexity index is 658. The van der Waals surface area contributed by atoms with Crippen LogP contribution >= 0.6 is 11.8 Å². The van der Waals surface area contributed by atoms with Gasteiger partial charge in [-0.2, -0.15) is 0 Å². The van der Waals surface area contributed by atoms with Crippen molar-refractivity contribution in [3.8, 4) is 0 Å². The van der Waals surface area contributed by atoms with E-state index in [0.29, 0.717) is 11.4 Å². The lowest BCUT2D eigenvalue weighted by molar-refractivity contribution is -0.136. The Hall–Kier alpha value is -2.08. The van der Waals surface area contributed by atoms with Gasteiger partial charge in [-0.15, -0.1) is 11.8 Å². The number of amides is 1. The highest BCUT2D eigenvalue weighted by Crippen LogP contribution is 2.31. The molecule has 0 atom stereocenters. The largest absolute Gasteiger partial charge is 0.481 e. The molecule has 1 aromatic carbocycles. The molecule has 0 spiro atoms. The predicted octanol–water partition coefficient (Wildman–Crippen LogP) is 2.76. The number of aromatic nitrogens is 1. The maximum atomic E-state index is 11.2. The van der Waals surface area contributed by atoms with Gasteiger partial charge >= 0.3 is 5.97 Å². The number of nitrogens with one attached hydrogen (secondary N) is 1. The van der Waals surface area contributed by atoms with Crippen LogP contribution in [0, 0.1) is 0 Å². The number of aliphatic carboxylic acids is 1. The molecule has 0 fully saturated rings. The summed E-state index contributed by atoms with van der Waals surface area (Å²) in [5, 5.41) is 12.3. The van der Waals surface area contributed by atoms with E-state index in [1.165, 1.54) is 18.7 Å². The molecule has 0 saturated carbocycles. The molecule has 1 heterocycles. The minimum atomic E-state index is -0.815. The quantitative estimate of drug-likeness (QED) is 0.828. The maximum Gasteiger partial charge on any atom is 0.304 e. The Balaban J connectivity index is 2.33. The highest BCUT2D eigenvalue weighted by molar-refractivity contribution is 7.99. The van der Waals surface area contributed by atoms with E-state index in [4.69, 9.17) is 5.11 Å². The lowest BCUT2D eigenvalue weighted by Gasteiger charge is -2.10. The first kappa shape index (κ1) is 14.3. The monoisotopic (exact) mass is 290 g/mol. The summed E-state index contributed by atoms with van der Waals surface area (Å²) in [6.07, 6.45) is 1.79. The summed E-state index contributed by atoms with van der Waals surface area (Å²) in [5.41, 5.74) is 1.48. The normalized spacial score (nSPS) is 10.4. The van der Waals surface area contributed by atoms with Crippen LogP contribution in [0.5, 0.6) is 0 Å². The van der Waals surface area contributed by atoms with Crippen molar-refractivity contribution in [3.63, 3.8) is 0 Å². The van der Waals surface area contributed by atoms with E-state index in [9.17, 15) is 9.59 Å². The molecule has 104 valence electrons. The molecule has 20 heavy (non-hydrogen) atoms. The average molecular weight is 290 g/mol. The number of carboxylic acid groups (broad SMARTS) is 1. The Morgan fingerprint density at radius 2 is 2.15 bits per heavy atom. The standard InChI is InChI=1S/C14H14N2O3S/c1-9(17)16-11-4-5-12(20-8-6-13(18)19)14-10(11)3-2-7-15-14/h2-5,7H,6,8H2,1H3,(H,16,17)(H,18,19). The molecule has 0 aliphatic carbocycles. The number of hydrogen-bond acceptors (Lipinski definition) is 4. The van der Waals surface area contributed by atoms with E-state index in [1.807, 2.05) is 18.2 Å². The van der Waals surface area contributed by atoms with Gasteiger partial charge in [-0.25, -0.2) is 0 Å². The lowest BCUT2D eigenvalue weighted by atomic mass is 10.2. The number of pyridine rings is 1. The van der Waals surface area contributed by atoms with Crippen LogP contribution in [-0.4, -0.2) is 27.7 Å². The fourth-order valence-corrected chi connectivity index (χ4v) is 2.77. The van der Waals surface area contributed by atoms with E-state index in [1.54, 1.807) is 12.3 Å². The number of nitrogens with zero attached hydrogens (tertiary/aromatic N) is 1. The van der Waals surface area contributed by atoms with Crippen LogP contribution < -0.4 is 5.32 Å². The smallest absolute Gasteiger partial charge is 0.304 e. The molecule has 2 aromatic rings. The summed E-state index contributed by atoms with van der Waals surface area (Å²) in [6.45, 7) is 1.46. The first-order chi connectivity index (χ1) is 9.58. The van der Waals surface area contributed by atoms with Gasteiger partial charge in [0.25, 0.3) is 0 Å². The molecule has 2 rings (SSSR count). The predicted molar refractivity (Wildman–Crippen MR) is 79.0 cm³/mol. The minimum absolute atomic E-state index is 0.104. The summed E-state index contributed by atoms with van der Waals surface area (Å²) >= 11 is 1.45. The van der Waals surface area contributed by atoms with Crippen molar-refractivity contribution in [1.82, 2.24) is 4.98 Å². The average Bonchev–Trinajstić information content (AvgIpc) is 2.40. The van der Waals surface area contributed by atoms with Gasteiger partial charge in [0.15, 0.2) is 0 Å². The van der Waals surface area contributed by atoms with Gasteiger partial charge in [-0.05, 0) is 24.3 Å². The highest BCUT2D eigenvalue weighted by Gasteiger charge is 2.09. The third-order valence-corrected chi connectivity index (χ3v) is 3.67. The van der Waals surface area contributed by atoms with Crippen LogP contribution in [0.2, 0.25) is 0 Å². The summed E-state index contributed by atoms with van der Waals surface area (Å²) in [7, 11) is 0. The summed E-state index contributed by atoms with van der Waals surface area (Å²) in [4.78, 5) is 27.0. The van der Waals surface area contributed by atoms with Crippen LogP contribution in [0.15, 0.2) is 35.4 Å². The molecule has 6 heteroatoms. The second-order valence-corrected chi connectivity index (χ2v) is 5.32. The first-order valence-electron chi connectivity index (χ1n) is 6.08. The van der Waals surface area contributed by atoms with Gasteiger partial charge in [-0.3, -0.25) is 14.6 Å². The minimum Gasteiger partial charge on any atom is -0.481 e. The zero-order valence-corrected chi connectivity index (χ0v) is 11.7. The van der Waals surface area contributed by atoms with E-state index >= 15 is 0 Å². The van der Waals surface area contributed by atoms with Crippen LogP contribution in [0.25, 0.3) is 10.9 Å². The zero-order chi connectivity index (χ0) is 14.5. The Kier molecular flexibility index (Phi) is 4.57. The molecule has 2 N–H and O–H groups in total. The number of carboxylic acids is 1. The topological polar surface area (TPSA) is 79.3 Å². The first-order valence-corrected chi connectivity index (χ1v) is 7.06. The maximum absolute atomic E-state index is 11.2. The summed E-state index contributed by atoms with van der Waals surface area (Å²) in [5.74, 6) is -0.466. The van der Waals surface area contributed by atoms with Gasteiger partial charge in [0.2, 0.25) is 5.91 Å². The fraction of sp³-hybridized carbons (Fsp3) is 0.214. The third kappa shape index (κ3) is 3.48. The second kappa shape index (κ2) is 6.38. The van der Waals surface area contributed by atoms with E-state index in [-0.39, 0.29) is 12.3 Å². The van der Waals surface area contributed by atoms with Gasteiger partial charge in [0, 0.05) is 29.2 Å². The molecule has 1 amide bonds. The molecule has 5 nitrogen and oxygen atoms in total. The van der Waals surface area contributed by atoms with E-state index < -0.39 is 5.97 Å². The van der Waals surface area contributed by atoms with Crippen molar-refractivity contribution in [3.05, 3.63) is 30.5 Å². The summed E-state index contributed by atoms with van der Waals surface area (Å²) in [6, 6.07) is 7.36. The van der Waals surface area contributed by atoms with Crippen molar-refractivity contribution < 1.29 is 14.7 Å². The number of thioether (sulfide) groups is 1. The molecule has 0 aliphatic heterocycles. The van der Waals surface area contributed by atoms with Crippen LogP contribution in [0.4, 0.5) is 5.69 Å². The van der Waals surface area contributed by atoms with Crippen LogP contribution in [0.3, 0.4) is 0 Å². The van der Waals surface area contributed by atoms with Crippen molar-refractivity contribution in [2.75, 3.05) is 11.1 Å². The van der Waals surface area contributed by atoms with Crippen molar-refractivity contribution >= 4 is 40.2 Å². The van der Waals surface area contributed by atoms with Gasteiger partial charge < -0.3 is 10.4 Å². The number of anilines is 1. The van der Waals surface area contributed by atoms with E-state index in [0.717, 1.165) is 15.8 Å². The Morgan fingerprint density at radius 3 is 2.85 bits per heavy atom. The fourth-order valence-electron chi connectivity index (χ4n) is 1.81. The summed E-state index contributed by atoms with van der Waals surface area (Å²) < 4.78 is 0. The Morgan fingerprint density at radius 1 is 1.35 bits per heavy atom. The molecule has 0 radical (unpaired) electrons. The van der Waals surface area contributed by atoms with Gasteiger partial charge in [0.1, 0.15) is 0 Å². The van der Waals surface area contributed by atoms with Crippen LogP contribution in [-0.2, 0) is 9.59 Å². The number of hydrogen-bond donors (Lipinski definition) is 2. The van der Waals surface area contributed by atoms with Gasteiger partial charge in [0.05, 0.1) is 17.6 Å². The molecule has 0 saturated heterocycles. The number of rotatable bonds is 5. The van der Waals surface area contributed by atoms with Gasteiger partial charge in [-0.1, -0.05) is 0 Å². The number of carbonyl (C=O) groups is 2. The molecule has 1 aromatic heterocycles. The third-order valence-electron chi connectivity index (χ3n) is 2.62. The lowest BCUT2D eigenvalue weighted by Crippen LogP contribution is -2.06. The molecule has 0 bridgehead atoms. The van der Waals surface area contributed by atoms with E-state index in [2.05, 4.69) is 10.3 Å². The number of benzene rings is 1. The zero-order valence-electron chi connectivity index (χ0n) is 10.9. The molecule has 0 unspecified atom stereocenters. The van der Waals surface area contributed by atoms with Crippen molar-refractivity contribution in [1.29, 1.82) is 0 Å². The number of fused-ring (bicyclic) bond motifs is 1. The second-order valence-electron chi connectivity index (χ2n) is 4.18. The molecule has 0 aliphatic rings. The molecular formula is C14H14N2O3S. The SMILES string of the molecule is CC(=O)Nc1ccc(SCCC(=O)O)c2ncccc12. The molecular weight excluding hydrogens is 276 g/mol. The van der Waals surface area contributed by atoms with Crippen LogP contribution in [0.1, 0.15) is 13.3 Å². The highest BCUT2D eigenvalue weighted by atomic mass is 32.2. The number of carbonyl (C=O) groups excluding carboxylic acids is 1. The Labute approximate surface area is 120 Å². The van der Waals surface area contributed by atoms with Crippen molar-refractivity contribution in [2.45, 2.75) is 18.2 Å².